The summed E-state index contributed by atoms with van der Waals surface area (Å²) in [5.74, 6) is 0.166. The molecule has 4 rings (SSSR count). The minimum atomic E-state index is 0.166. The zero-order chi connectivity index (χ0) is 16.0. The van der Waals surface area contributed by atoms with Gasteiger partial charge in [-0.2, -0.15) is 10.5 Å². The summed E-state index contributed by atoms with van der Waals surface area (Å²) >= 11 is 0. The van der Waals surface area contributed by atoms with Crippen molar-refractivity contribution in [1.82, 2.24) is 4.98 Å². The van der Waals surface area contributed by atoms with Gasteiger partial charge in [0.15, 0.2) is 10.8 Å². The van der Waals surface area contributed by atoms with E-state index in [1.54, 1.807) is 6.92 Å². The summed E-state index contributed by atoms with van der Waals surface area (Å²) in [5, 5.41) is 18.1. The Balaban J connectivity index is 0.000000237. The molecule has 0 aromatic carbocycles. The smallest absolute Gasteiger partial charge is 0.170 e. The predicted octanol–water partition coefficient (Wildman–Crippen LogP) is 3.05. The lowest BCUT2D eigenvalue weighted by atomic mass is 9.98. The van der Waals surface area contributed by atoms with E-state index in [0.29, 0.717) is 16.8 Å². The highest BCUT2D eigenvalue weighted by molar-refractivity contribution is 6.03. The van der Waals surface area contributed by atoms with E-state index in [0.717, 1.165) is 33.1 Å². The first-order chi connectivity index (χ1) is 10.5. The van der Waals surface area contributed by atoms with Gasteiger partial charge in [-0.25, -0.2) is 4.98 Å². The zero-order valence-electron chi connectivity index (χ0n) is 12.2. The molecule has 0 unspecified atom stereocenters. The Hall–Kier alpha value is -3.31. The lowest BCUT2D eigenvalue weighted by Gasteiger charge is -2.09. The fourth-order valence-electron chi connectivity index (χ4n) is 2.45. The Kier molecular flexibility index (Phi) is 2.86. The van der Waals surface area contributed by atoms with Gasteiger partial charge in [-0.3, -0.25) is 0 Å². The molecule has 0 fully saturated rings. The third-order valence-corrected chi connectivity index (χ3v) is 3.87. The van der Waals surface area contributed by atoms with Crippen LogP contribution in [-0.4, -0.2) is 4.98 Å². The van der Waals surface area contributed by atoms with Gasteiger partial charge in [0.05, 0.1) is 16.8 Å². The van der Waals surface area contributed by atoms with Crippen molar-refractivity contribution in [2.75, 3.05) is 5.73 Å². The fourth-order valence-corrected chi connectivity index (χ4v) is 2.45. The minimum Gasteiger partial charge on any atom is -0.450 e. The van der Waals surface area contributed by atoms with Crippen molar-refractivity contribution in [3.63, 3.8) is 0 Å². The van der Waals surface area contributed by atoms with Gasteiger partial charge in [0.2, 0.25) is 0 Å². The molecule has 0 saturated heterocycles. The molecule has 2 N–H and O–H groups in total. The van der Waals surface area contributed by atoms with Crippen LogP contribution in [0.4, 0.5) is 5.82 Å². The lowest BCUT2D eigenvalue weighted by Crippen LogP contribution is -2.03. The maximum Gasteiger partial charge on any atom is 0.170 e. The van der Waals surface area contributed by atoms with Crippen LogP contribution in [0.3, 0.4) is 0 Å². The summed E-state index contributed by atoms with van der Waals surface area (Å²) in [5.41, 5.74) is 12.3. The highest BCUT2D eigenvalue weighted by atomic mass is 16.4. The van der Waals surface area contributed by atoms with Crippen LogP contribution in [0.2, 0.25) is 0 Å². The normalized spacial score (nSPS) is 13.0. The van der Waals surface area contributed by atoms with Gasteiger partial charge in [-0.15, -0.1) is 0 Å². The first-order valence-corrected chi connectivity index (χ1v) is 6.61. The number of nitrogens with zero attached hydrogens (tertiary/aromatic N) is 3. The van der Waals surface area contributed by atoms with Gasteiger partial charge in [-0.05, 0) is 42.7 Å². The molecule has 2 aliphatic carbocycles. The summed E-state index contributed by atoms with van der Waals surface area (Å²) < 4.78 is 4.75. The second kappa shape index (κ2) is 4.61. The number of nitriles is 2. The van der Waals surface area contributed by atoms with Crippen LogP contribution in [0.1, 0.15) is 29.3 Å². The van der Waals surface area contributed by atoms with Gasteiger partial charge in [0, 0.05) is 5.56 Å². The largest absolute Gasteiger partial charge is 0.450 e. The number of furan rings is 1. The summed E-state index contributed by atoms with van der Waals surface area (Å²) in [6.45, 7) is 7.56. The van der Waals surface area contributed by atoms with Crippen LogP contribution in [0.15, 0.2) is 28.7 Å². The summed E-state index contributed by atoms with van der Waals surface area (Å²) in [7, 11) is 0. The number of allylic oxidation sites excluding steroid dienone is 3. The second-order valence-electron chi connectivity index (χ2n) is 5.09. The zero-order valence-corrected chi connectivity index (χ0v) is 12.2. The molecule has 106 valence electrons. The molecule has 0 atom stereocenters. The third-order valence-electron chi connectivity index (χ3n) is 3.87. The van der Waals surface area contributed by atoms with Crippen LogP contribution in [0.25, 0.3) is 11.1 Å². The molecule has 3 aliphatic rings. The van der Waals surface area contributed by atoms with Crippen molar-refractivity contribution in [3.8, 4) is 12.1 Å². The standard InChI is InChI=1S/C13H10N4.C4H2O/c1-6-7(2)11-8(3)10(5-15)13(16)17-12(11)9(6)4-14;1-2-4-3(1)5-4/h2H2,1,3H3,(H2,16,17);1-2H. The van der Waals surface area contributed by atoms with E-state index in [1.807, 2.05) is 25.1 Å². The molecule has 0 spiro atoms. The average Bonchev–Trinajstić information content (AvgIpc) is 2.97. The Bertz CT molecular complexity index is 1020. The van der Waals surface area contributed by atoms with Gasteiger partial charge in [-0.1, -0.05) is 6.58 Å². The van der Waals surface area contributed by atoms with E-state index >= 15 is 0 Å². The number of fused-ring (bicyclic) bond motifs is 1. The molecule has 1 aromatic rings. The van der Waals surface area contributed by atoms with E-state index in [-0.39, 0.29) is 5.82 Å². The number of nitrogens with two attached hydrogens (primary N) is 1. The molecule has 1 aromatic heterocycles. The number of aromatic nitrogens is 1. The van der Waals surface area contributed by atoms with Crippen LogP contribution in [0.5, 0.6) is 0 Å². The summed E-state index contributed by atoms with van der Waals surface area (Å²) in [6.07, 6.45) is 0. The van der Waals surface area contributed by atoms with Crippen LogP contribution in [0, 0.1) is 40.4 Å². The van der Waals surface area contributed by atoms with Crippen molar-refractivity contribution in [2.45, 2.75) is 13.8 Å². The number of nitrogen functional groups attached to an aromatic ring is 1. The van der Waals surface area contributed by atoms with Gasteiger partial charge >= 0.3 is 0 Å². The number of hydrogen-bond donors (Lipinski definition) is 1. The molecular weight excluding hydrogens is 276 g/mol. The molecule has 5 heteroatoms. The predicted molar refractivity (Wildman–Crippen MR) is 81.7 cm³/mol. The lowest BCUT2D eigenvalue weighted by molar-refractivity contribution is 0.651. The average molecular weight is 288 g/mol. The Morgan fingerprint density at radius 3 is 2.23 bits per heavy atom. The minimum absolute atomic E-state index is 0.166. The van der Waals surface area contributed by atoms with E-state index in [2.05, 4.69) is 17.6 Å². The molecule has 5 nitrogen and oxygen atoms in total. The maximum atomic E-state index is 9.11. The van der Waals surface area contributed by atoms with Crippen molar-refractivity contribution < 1.29 is 4.42 Å². The molecule has 0 radical (unpaired) electrons. The van der Waals surface area contributed by atoms with Crippen LogP contribution < -0.4 is 5.73 Å². The molecule has 0 amide bonds. The van der Waals surface area contributed by atoms with Crippen LogP contribution in [-0.2, 0) is 0 Å². The monoisotopic (exact) mass is 288 g/mol. The fraction of sp³-hybridized carbons (Fsp3) is 0.118. The van der Waals surface area contributed by atoms with E-state index < -0.39 is 0 Å². The van der Waals surface area contributed by atoms with Gasteiger partial charge in [0.25, 0.3) is 0 Å². The summed E-state index contributed by atoms with van der Waals surface area (Å²) in [4.78, 5) is 4.15. The number of pyridine rings is 1. The first kappa shape index (κ1) is 13.7. The number of hydrogen-bond acceptors (Lipinski definition) is 5. The third kappa shape index (κ3) is 1.81. The van der Waals surface area contributed by atoms with Crippen molar-refractivity contribution in [2.24, 2.45) is 0 Å². The Labute approximate surface area is 126 Å². The highest BCUT2D eigenvalue weighted by Crippen LogP contribution is 2.42. The number of rotatable bonds is 0. The molecule has 0 saturated carbocycles. The molecule has 22 heavy (non-hydrogen) atoms. The van der Waals surface area contributed by atoms with Gasteiger partial charge < -0.3 is 10.2 Å². The van der Waals surface area contributed by atoms with Crippen LogP contribution >= 0.6 is 0 Å². The second-order valence-corrected chi connectivity index (χ2v) is 5.09. The van der Waals surface area contributed by atoms with E-state index in [1.165, 1.54) is 0 Å². The van der Waals surface area contributed by atoms with E-state index in [4.69, 9.17) is 20.7 Å². The first-order valence-electron chi connectivity index (χ1n) is 6.61. The molecule has 2 heterocycles. The maximum absolute atomic E-state index is 9.11. The topological polar surface area (TPSA) is 99.6 Å². The van der Waals surface area contributed by atoms with Gasteiger partial charge in [0.1, 0.15) is 18.0 Å². The Morgan fingerprint density at radius 1 is 1.18 bits per heavy atom. The summed E-state index contributed by atoms with van der Waals surface area (Å²) in [6, 6.07) is 8.05. The molecular formula is C17H12N4O. The van der Waals surface area contributed by atoms with Crippen molar-refractivity contribution in [1.29, 1.82) is 10.5 Å². The Morgan fingerprint density at radius 2 is 1.82 bits per heavy atom. The quantitative estimate of drug-likeness (QED) is 0.685. The SMILES string of the molecule is C=C1C(C)=C(C#N)c2nc(N)c(C#N)c(C)c21.c1cc2oc1=2. The number of anilines is 1. The highest BCUT2D eigenvalue weighted by Gasteiger charge is 2.28. The molecule has 0 bridgehead atoms. The van der Waals surface area contributed by atoms with E-state index in [9.17, 15) is 0 Å². The molecule has 1 aliphatic heterocycles. The van der Waals surface area contributed by atoms with Crippen molar-refractivity contribution >= 4 is 17.0 Å². The van der Waals surface area contributed by atoms with Crippen molar-refractivity contribution in [3.05, 3.63) is 57.5 Å².